The number of anilines is 1. The zero-order chi connectivity index (χ0) is 22.0. The quantitative estimate of drug-likeness (QED) is 0.504. The zero-order valence-electron chi connectivity index (χ0n) is 16.3. The monoisotopic (exact) mass is 475 g/mol. The van der Waals surface area contributed by atoms with Crippen LogP contribution in [0.5, 0.6) is 0 Å². The number of thiophene rings is 1. The van der Waals surface area contributed by atoms with Crippen molar-refractivity contribution >= 4 is 57.1 Å². The smallest absolute Gasteiger partial charge is 0.312 e. The van der Waals surface area contributed by atoms with E-state index in [4.69, 9.17) is 22.1 Å². The molecule has 1 aliphatic carbocycles. The summed E-state index contributed by atoms with van der Waals surface area (Å²) in [5.74, 6) is -1.65. The van der Waals surface area contributed by atoms with Gasteiger partial charge in [-0.3, -0.25) is 14.4 Å². The molecule has 0 spiro atoms. The average molecular weight is 476 g/mol. The topological polar surface area (TPSA) is 111 Å². The van der Waals surface area contributed by atoms with Gasteiger partial charge in [0, 0.05) is 20.8 Å². The summed E-state index contributed by atoms with van der Waals surface area (Å²) < 4.78 is 5.07. The van der Waals surface area contributed by atoms with Crippen LogP contribution in [0.4, 0.5) is 5.00 Å². The van der Waals surface area contributed by atoms with Crippen LogP contribution < -0.4 is 11.1 Å². The maximum Gasteiger partial charge on any atom is 0.312 e. The van der Waals surface area contributed by atoms with Crippen LogP contribution in [0.2, 0.25) is 5.02 Å². The van der Waals surface area contributed by atoms with Gasteiger partial charge >= 0.3 is 5.97 Å². The molecule has 3 aromatic rings. The Morgan fingerprint density at radius 3 is 2.87 bits per heavy atom. The number of benzene rings is 1. The number of nitrogens with one attached hydrogen (secondary N) is 1. The molecule has 3 N–H and O–H groups in total. The molecule has 0 bridgehead atoms. The highest BCUT2D eigenvalue weighted by atomic mass is 35.5. The predicted octanol–water partition coefficient (Wildman–Crippen LogP) is 3.84. The minimum atomic E-state index is -0.568. The Balaban J connectivity index is 1.32. The molecule has 0 aliphatic heterocycles. The largest absolute Gasteiger partial charge is 0.455 e. The molecule has 4 rings (SSSR count). The lowest BCUT2D eigenvalue weighted by atomic mass is 10.1. The van der Waals surface area contributed by atoms with E-state index in [0.717, 1.165) is 40.3 Å². The molecular weight excluding hydrogens is 458 g/mol. The van der Waals surface area contributed by atoms with Gasteiger partial charge in [-0.2, -0.15) is 0 Å². The number of hydrogen-bond acceptors (Lipinski definition) is 7. The van der Waals surface area contributed by atoms with Gasteiger partial charge in [0.05, 0.1) is 17.7 Å². The van der Waals surface area contributed by atoms with E-state index in [1.807, 2.05) is 12.1 Å². The molecule has 0 fully saturated rings. The second-order valence-corrected chi connectivity index (χ2v) is 9.37. The number of amides is 2. The van der Waals surface area contributed by atoms with Gasteiger partial charge in [0.25, 0.3) is 11.8 Å². The standard InChI is InChI=1S/C21H18ClN3O4S2/c22-12-4-1-3-11(7-12)20-24-13(10-30-20)8-17(27)29-9-16(26)25-21-18(19(23)28)14-5-2-6-15(14)31-21/h1,3-4,7,10H,2,5-6,8-9H2,(H2,23,28)(H,25,26). The Morgan fingerprint density at radius 2 is 2.10 bits per heavy atom. The Labute approximate surface area is 191 Å². The number of halogens is 1. The molecule has 0 atom stereocenters. The summed E-state index contributed by atoms with van der Waals surface area (Å²) in [7, 11) is 0. The van der Waals surface area contributed by atoms with E-state index in [2.05, 4.69) is 10.3 Å². The third-order valence-electron chi connectivity index (χ3n) is 4.73. The van der Waals surface area contributed by atoms with E-state index in [0.29, 0.717) is 21.3 Å². The molecule has 0 radical (unpaired) electrons. The molecule has 2 heterocycles. The number of carbonyl (C=O) groups excluding carboxylic acids is 3. The number of fused-ring (bicyclic) bond motifs is 1. The van der Waals surface area contributed by atoms with Crippen LogP contribution in [0.1, 0.15) is 32.9 Å². The molecule has 1 aliphatic rings. The first-order valence-electron chi connectivity index (χ1n) is 9.51. The number of hydrogen-bond donors (Lipinski definition) is 2. The molecular formula is C21H18ClN3O4S2. The van der Waals surface area contributed by atoms with E-state index < -0.39 is 24.4 Å². The van der Waals surface area contributed by atoms with E-state index >= 15 is 0 Å². The molecule has 31 heavy (non-hydrogen) atoms. The number of carbonyl (C=O) groups is 3. The lowest BCUT2D eigenvalue weighted by molar-refractivity contribution is -0.146. The van der Waals surface area contributed by atoms with Gasteiger partial charge in [0.1, 0.15) is 10.0 Å². The number of aromatic nitrogens is 1. The molecule has 0 unspecified atom stereocenters. The summed E-state index contributed by atoms with van der Waals surface area (Å²) in [5, 5.41) is 6.18. The first kappa shape index (κ1) is 21.5. The van der Waals surface area contributed by atoms with E-state index in [1.54, 1.807) is 17.5 Å². The molecule has 0 saturated carbocycles. The van der Waals surface area contributed by atoms with E-state index in [-0.39, 0.29) is 6.42 Å². The molecule has 7 nitrogen and oxygen atoms in total. The molecule has 0 saturated heterocycles. The van der Waals surface area contributed by atoms with Gasteiger partial charge in [0.15, 0.2) is 6.61 Å². The minimum Gasteiger partial charge on any atom is -0.455 e. The lowest BCUT2D eigenvalue weighted by Gasteiger charge is -2.07. The van der Waals surface area contributed by atoms with Gasteiger partial charge in [0.2, 0.25) is 0 Å². The molecule has 160 valence electrons. The zero-order valence-corrected chi connectivity index (χ0v) is 18.7. The normalized spacial score (nSPS) is 12.4. The van der Waals surface area contributed by atoms with E-state index in [1.165, 1.54) is 22.7 Å². The van der Waals surface area contributed by atoms with Gasteiger partial charge in [-0.1, -0.05) is 23.7 Å². The van der Waals surface area contributed by atoms with Crippen molar-refractivity contribution in [1.82, 2.24) is 4.98 Å². The number of nitrogens with zero attached hydrogens (tertiary/aromatic N) is 1. The second kappa shape index (κ2) is 9.17. The number of nitrogens with two attached hydrogens (primary N) is 1. The van der Waals surface area contributed by atoms with Crippen molar-refractivity contribution in [1.29, 1.82) is 0 Å². The summed E-state index contributed by atoms with van der Waals surface area (Å²) in [6.07, 6.45) is 2.57. The average Bonchev–Trinajstić information content (AvgIpc) is 3.42. The Hall–Kier alpha value is -2.75. The summed E-state index contributed by atoms with van der Waals surface area (Å²) in [6.45, 7) is -0.453. The van der Waals surface area contributed by atoms with Crippen LogP contribution in [0.3, 0.4) is 0 Å². The first-order valence-corrected chi connectivity index (χ1v) is 11.6. The summed E-state index contributed by atoms with van der Waals surface area (Å²) in [6, 6.07) is 7.29. The van der Waals surface area contributed by atoms with Crippen LogP contribution in [-0.2, 0) is 33.6 Å². The fraction of sp³-hybridized carbons (Fsp3) is 0.238. The van der Waals surface area contributed by atoms with Gasteiger partial charge in [-0.15, -0.1) is 22.7 Å². The Kier molecular flexibility index (Phi) is 6.35. The third-order valence-corrected chi connectivity index (χ3v) is 7.12. The highest BCUT2D eigenvalue weighted by molar-refractivity contribution is 7.17. The van der Waals surface area contributed by atoms with Crippen molar-refractivity contribution in [2.24, 2.45) is 5.73 Å². The number of ether oxygens (including phenoxy) is 1. The maximum absolute atomic E-state index is 12.2. The number of rotatable bonds is 7. The van der Waals surface area contributed by atoms with E-state index in [9.17, 15) is 14.4 Å². The number of aryl methyl sites for hydroxylation is 1. The molecule has 2 aromatic heterocycles. The summed E-state index contributed by atoms with van der Waals surface area (Å²) in [5.41, 5.74) is 8.19. The van der Waals surface area contributed by atoms with Crippen molar-refractivity contribution in [2.75, 3.05) is 11.9 Å². The molecule has 2 amide bonds. The molecule has 1 aromatic carbocycles. The maximum atomic E-state index is 12.2. The van der Waals surface area contributed by atoms with Crippen LogP contribution in [-0.4, -0.2) is 29.4 Å². The Morgan fingerprint density at radius 1 is 1.26 bits per heavy atom. The number of primary amides is 1. The van der Waals surface area contributed by atoms with Crippen LogP contribution in [0.15, 0.2) is 29.6 Å². The number of thiazole rings is 1. The van der Waals surface area contributed by atoms with Crippen molar-refractivity contribution in [3.63, 3.8) is 0 Å². The third kappa shape index (κ3) is 4.95. The minimum absolute atomic E-state index is 0.0514. The lowest BCUT2D eigenvalue weighted by Crippen LogP contribution is -2.23. The second-order valence-electron chi connectivity index (χ2n) is 6.97. The summed E-state index contributed by atoms with van der Waals surface area (Å²) in [4.78, 5) is 41.6. The van der Waals surface area contributed by atoms with Gasteiger partial charge < -0.3 is 15.8 Å². The van der Waals surface area contributed by atoms with Crippen LogP contribution >= 0.6 is 34.3 Å². The first-order chi connectivity index (χ1) is 14.9. The van der Waals surface area contributed by atoms with Crippen LogP contribution in [0, 0.1) is 0 Å². The highest BCUT2D eigenvalue weighted by Gasteiger charge is 2.26. The fourth-order valence-corrected chi connectivity index (χ4v) is 5.72. The van der Waals surface area contributed by atoms with Crippen molar-refractivity contribution in [3.05, 3.63) is 56.4 Å². The Bertz CT molecular complexity index is 1170. The van der Waals surface area contributed by atoms with Crippen molar-refractivity contribution in [2.45, 2.75) is 25.7 Å². The number of esters is 1. The SMILES string of the molecule is NC(=O)c1c(NC(=O)COC(=O)Cc2csc(-c3cccc(Cl)c3)n2)sc2c1CCC2. The van der Waals surface area contributed by atoms with Crippen LogP contribution in [0.25, 0.3) is 10.6 Å². The van der Waals surface area contributed by atoms with Gasteiger partial charge in [-0.05, 0) is 37.0 Å². The highest BCUT2D eigenvalue weighted by Crippen LogP contribution is 2.38. The van der Waals surface area contributed by atoms with Crippen molar-refractivity contribution in [3.8, 4) is 10.6 Å². The predicted molar refractivity (Wildman–Crippen MR) is 121 cm³/mol. The fourth-order valence-electron chi connectivity index (χ4n) is 3.40. The summed E-state index contributed by atoms with van der Waals surface area (Å²) >= 11 is 8.75. The van der Waals surface area contributed by atoms with Crippen molar-refractivity contribution < 1.29 is 19.1 Å². The molecule has 10 heteroatoms. The van der Waals surface area contributed by atoms with Gasteiger partial charge in [-0.25, -0.2) is 4.98 Å².